The van der Waals surface area contributed by atoms with Crippen molar-refractivity contribution in [1.29, 1.82) is 0 Å². The van der Waals surface area contributed by atoms with Crippen molar-refractivity contribution in [3.8, 4) is 0 Å². The molecule has 4 nitrogen and oxygen atoms in total. The van der Waals surface area contributed by atoms with Crippen LogP contribution in [-0.4, -0.2) is 29.3 Å². The summed E-state index contributed by atoms with van der Waals surface area (Å²) in [5.74, 6) is -0.371. The molecular formula is C20H21Cl3N2O2. The topological polar surface area (TPSA) is 49.4 Å². The van der Waals surface area contributed by atoms with Crippen molar-refractivity contribution in [2.24, 2.45) is 0 Å². The number of likely N-dealkylation sites (N-methyl/N-ethyl adjacent to an activating group) is 1. The molecule has 1 atom stereocenters. The van der Waals surface area contributed by atoms with E-state index >= 15 is 0 Å². The molecule has 0 saturated carbocycles. The highest BCUT2D eigenvalue weighted by Crippen LogP contribution is 2.24. The Morgan fingerprint density at radius 3 is 2.22 bits per heavy atom. The smallest absolute Gasteiger partial charge is 0.242 e. The van der Waals surface area contributed by atoms with Crippen LogP contribution in [0.15, 0.2) is 42.5 Å². The molecular weight excluding hydrogens is 407 g/mol. The summed E-state index contributed by atoms with van der Waals surface area (Å²) in [5.41, 5.74) is 1.62. The van der Waals surface area contributed by atoms with Crippen molar-refractivity contribution in [1.82, 2.24) is 10.2 Å². The lowest BCUT2D eigenvalue weighted by Crippen LogP contribution is -2.48. The molecule has 0 spiro atoms. The maximum atomic E-state index is 13.0. The Hall–Kier alpha value is -1.75. The van der Waals surface area contributed by atoms with Gasteiger partial charge in [0.2, 0.25) is 11.8 Å². The van der Waals surface area contributed by atoms with Gasteiger partial charge in [-0.1, -0.05) is 53.0 Å². The van der Waals surface area contributed by atoms with Gasteiger partial charge in [0.05, 0.1) is 16.5 Å². The van der Waals surface area contributed by atoms with Gasteiger partial charge in [-0.25, -0.2) is 0 Å². The largest absolute Gasteiger partial charge is 0.355 e. The third kappa shape index (κ3) is 6.13. The van der Waals surface area contributed by atoms with Crippen LogP contribution >= 0.6 is 34.8 Å². The van der Waals surface area contributed by atoms with E-state index in [1.54, 1.807) is 54.3 Å². The van der Waals surface area contributed by atoms with Crippen LogP contribution in [0.3, 0.4) is 0 Å². The fourth-order valence-corrected chi connectivity index (χ4v) is 3.06. The molecule has 27 heavy (non-hydrogen) atoms. The first kappa shape index (κ1) is 21.5. The summed E-state index contributed by atoms with van der Waals surface area (Å²) >= 11 is 18.0. The summed E-state index contributed by atoms with van der Waals surface area (Å²) in [6.07, 6.45) is 0.169. The van der Waals surface area contributed by atoms with Gasteiger partial charge in [0, 0.05) is 18.1 Å². The molecule has 1 N–H and O–H groups in total. The van der Waals surface area contributed by atoms with Crippen LogP contribution in [0, 0.1) is 0 Å². The maximum Gasteiger partial charge on any atom is 0.242 e. The van der Waals surface area contributed by atoms with Gasteiger partial charge in [-0.05, 0) is 49.2 Å². The highest BCUT2D eigenvalue weighted by atomic mass is 35.5. The van der Waals surface area contributed by atoms with Gasteiger partial charge in [-0.3, -0.25) is 9.59 Å². The van der Waals surface area contributed by atoms with Gasteiger partial charge >= 0.3 is 0 Å². The van der Waals surface area contributed by atoms with E-state index in [1.807, 2.05) is 6.92 Å². The van der Waals surface area contributed by atoms with Gasteiger partial charge in [0.25, 0.3) is 0 Å². The quantitative estimate of drug-likeness (QED) is 0.693. The van der Waals surface area contributed by atoms with Crippen molar-refractivity contribution in [3.63, 3.8) is 0 Å². The van der Waals surface area contributed by atoms with Crippen molar-refractivity contribution in [2.75, 3.05) is 6.54 Å². The van der Waals surface area contributed by atoms with Crippen LogP contribution < -0.4 is 5.32 Å². The predicted octanol–water partition coefficient (Wildman–Crippen LogP) is 4.74. The van der Waals surface area contributed by atoms with Crippen molar-refractivity contribution in [3.05, 3.63) is 68.7 Å². The lowest BCUT2D eigenvalue weighted by molar-refractivity contribution is -0.140. The number of rotatable bonds is 7. The number of halogens is 3. The van der Waals surface area contributed by atoms with Crippen LogP contribution in [0.4, 0.5) is 0 Å². The van der Waals surface area contributed by atoms with E-state index in [9.17, 15) is 9.59 Å². The van der Waals surface area contributed by atoms with Crippen molar-refractivity contribution in [2.45, 2.75) is 32.9 Å². The summed E-state index contributed by atoms with van der Waals surface area (Å²) in [5, 5.41) is 4.22. The maximum absolute atomic E-state index is 13.0. The Kier molecular flexibility index (Phi) is 7.96. The number of nitrogens with one attached hydrogen (secondary N) is 1. The minimum Gasteiger partial charge on any atom is -0.355 e. The molecule has 0 radical (unpaired) electrons. The minimum absolute atomic E-state index is 0.165. The molecule has 0 bridgehead atoms. The number of amides is 2. The van der Waals surface area contributed by atoms with Gasteiger partial charge < -0.3 is 10.2 Å². The fourth-order valence-electron chi connectivity index (χ4n) is 2.62. The standard InChI is InChI=1S/C20H21Cl3N2O2/c1-3-24-20(27)13(2)25(12-15-6-9-17(22)18(23)10-15)19(26)11-14-4-7-16(21)8-5-14/h4-10,13H,3,11-12H2,1-2H3,(H,24,27)/t13-/m1/s1. The van der Waals surface area contributed by atoms with E-state index in [4.69, 9.17) is 34.8 Å². The molecule has 2 aromatic carbocycles. The van der Waals surface area contributed by atoms with E-state index in [2.05, 4.69) is 5.32 Å². The number of carbonyl (C=O) groups is 2. The molecule has 144 valence electrons. The summed E-state index contributed by atoms with van der Waals surface area (Å²) in [7, 11) is 0. The molecule has 0 heterocycles. The van der Waals surface area contributed by atoms with E-state index in [-0.39, 0.29) is 24.8 Å². The molecule has 2 aromatic rings. The average molecular weight is 428 g/mol. The highest BCUT2D eigenvalue weighted by molar-refractivity contribution is 6.42. The van der Waals surface area contributed by atoms with E-state index in [0.717, 1.165) is 11.1 Å². The minimum atomic E-state index is -0.626. The Labute approximate surface area is 174 Å². The molecule has 0 saturated heterocycles. The Morgan fingerprint density at radius 1 is 1.00 bits per heavy atom. The molecule has 0 unspecified atom stereocenters. The van der Waals surface area contributed by atoms with Gasteiger partial charge in [-0.2, -0.15) is 0 Å². The third-order valence-corrected chi connectivity index (χ3v) is 5.11. The SMILES string of the molecule is CCNC(=O)[C@@H](C)N(Cc1ccc(Cl)c(Cl)c1)C(=O)Cc1ccc(Cl)cc1. The molecule has 0 fully saturated rings. The monoisotopic (exact) mass is 426 g/mol. The summed E-state index contributed by atoms with van der Waals surface area (Å²) in [6.45, 7) is 4.29. The molecule has 0 aliphatic rings. The van der Waals surface area contributed by atoms with Crippen LogP contribution in [0.5, 0.6) is 0 Å². The number of nitrogens with zero attached hydrogens (tertiary/aromatic N) is 1. The lowest BCUT2D eigenvalue weighted by Gasteiger charge is -2.29. The fraction of sp³-hybridized carbons (Fsp3) is 0.300. The molecule has 0 aliphatic carbocycles. The van der Waals surface area contributed by atoms with Gasteiger partial charge in [0.15, 0.2) is 0 Å². The Bertz CT molecular complexity index is 809. The summed E-state index contributed by atoms with van der Waals surface area (Å²) in [4.78, 5) is 26.8. The number of carbonyl (C=O) groups excluding carboxylic acids is 2. The zero-order valence-corrected chi connectivity index (χ0v) is 17.4. The zero-order valence-electron chi connectivity index (χ0n) is 15.1. The van der Waals surface area contributed by atoms with E-state index < -0.39 is 6.04 Å². The lowest BCUT2D eigenvalue weighted by atomic mass is 10.1. The second-order valence-electron chi connectivity index (χ2n) is 6.14. The number of hydrogen-bond acceptors (Lipinski definition) is 2. The molecule has 0 aromatic heterocycles. The normalized spacial score (nSPS) is 11.7. The van der Waals surface area contributed by atoms with Crippen LogP contribution in [-0.2, 0) is 22.6 Å². The number of hydrogen-bond donors (Lipinski definition) is 1. The summed E-state index contributed by atoms with van der Waals surface area (Å²) < 4.78 is 0. The molecule has 0 aliphatic heterocycles. The molecule has 7 heteroatoms. The van der Waals surface area contributed by atoms with Crippen molar-refractivity contribution >= 4 is 46.6 Å². The van der Waals surface area contributed by atoms with Gasteiger partial charge in [-0.15, -0.1) is 0 Å². The van der Waals surface area contributed by atoms with Crippen LogP contribution in [0.2, 0.25) is 15.1 Å². The third-order valence-electron chi connectivity index (χ3n) is 4.12. The molecule has 2 rings (SSSR count). The summed E-state index contributed by atoms with van der Waals surface area (Å²) in [6, 6.07) is 11.6. The first-order chi connectivity index (χ1) is 12.8. The van der Waals surface area contributed by atoms with Crippen LogP contribution in [0.25, 0.3) is 0 Å². The first-order valence-electron chi connectivity index (χ1n) is 8.57. The first-order valence-corrected chi connectivity index (χ1v) is 9.70. The second kappa shape index (κ2) is 9.98. The van der Waals surface area contributed by atoms with Crippen LogP contribution in [0.1, 0.15) is 25.0 Å². The average Bonchev–Trinajstić information content (AvgIpc) is 2.64. The Morgan fingerprint density at radius 2 is 1.63 bits per heavy atom. The predicted molar refractivity (Wildman–Crippen MR) is 110 cm³/mol. The molecule has 2 amide bonds. The zero-order chi connectivity index (χ0) is 20.0. The number of benzene rings is 2. The van der Waals surface area contributed by atoms with E-state index in [0.29, 0.717) is 21.6 Å². The van der Waals surface area contributed by atoms with Gasteiger partial charge in [0.1, 0.15) is 6.04 Å². The second-order valence-corrected chi connectivity index (χ2v) is 7.39. The van der Waals surface area contributed by atoms with E-state index in [1.165, 1.54) is 0 Å². The Balaban J connectivity index is 2.24. The van der Waals surface area contributed by atoms with Crippen molar-refractivity contribution < 1.29 is 9.59 Å². The highest BCUT2D eigenvalue weighted by Gasteiger charge is 2.26.